The van der Waals surface area contributed by atoms with E-state index in [2.05, 4.69) is 5.32 Å². The van der Waals surface area contributed by atoms with Crippen LogP contribution in [0.3, 0.4) is 0 Å². The van der Waals surface area contributed by atoms with Gasteiger partial charge in [-0.05, 0) is 38.5 Å². The van der Waals surface area contributed by atoms with Gasteiger partial charge in [0.15, 0.2) is 9.84 Å². The zero-order chi connectivity index (χ0) is 16.5. The van der Waals surface area contributed by atoms with Crippen LogP contribution in [0, 0.1) is 6.92 Å². The number of amides is 2. The van der Waals surface area contributed by atoms with Crippen molar-refractivity contribution in [2.24, 2.45) is 0 Å². The normalized spacial score (nSPS) is 22.5. The number of hydrogen-bond acceptors (Lipinski definition) is 4. The lowest BCUT2D eigenvalue weighted by Gasteiger charge is -2.35. The first kappa shape index (κ1) is 16.8. The monoisotopic (exact) mass is 326 g/mol. The van der Waals surface area contributed by atoms with Gasteiger partial charge in [0.2, 0.25) is 0 Å². The molecule has 1 aliphatic heterocycles. The number of ether oxygens (including phenoxy) is 1. The van der Waals surface area contributed by atoms with Gasteiger partial charge in [0.1, 0.15) is 0 Å². The number of anilines is 1. The molecule has 1 aromatic rings. The molecule has 6 nitrogen and oxygen atoms in total. The molecule has 0 aliphatic carbocycles. The van der Waals surface area contributed by atoms with E-state index in [9.17, 15) is 13.2 Å². The van der Waals surface area contributed by atoms with Gasteiger partial charge < -0.3 is 15.0 Å². The molecule has 0 aromatic heterocycles. The second-order valence-electron chi connectivity index (χ2n) is 5.84. The minimum Gasteiger partial charge on any atom is -0.372 e. The first-order chi connectivity index (χ1) is 10.2. The molecule has 0 bridgehead atoms. The Morgan fingerprint density at radius 1 is 1.27 bits per heavy atom. The van der Waals surface area contributed by atoms with Crippen molar-refractivity contribution in [2.75, 3.05) is 24.7 Å². The summed E-state index contributed by atoms with van der Waals surface area (Å²) in [7, 11) is -3.31. The molecule has 2 rings (SSSR count). The predicted octanol–water partition coefficient (Wildman–Crippen LogP) is 2.04. The minimum atomic E-state index is -3.31. The van der Waals surface area contributed by atoms with Crippen LogP contribution in [0.4, 0.5) is 10.5 Å². The summed E-state index contributed by atoms with van der Waals surface area (Å²) in [5, 5.41) is 2.80. The first-order valence-corrected chi connectivity index (χ1v) is 9.08. The van der Waals surface area contributed by atoms with Crippen LogP contribution >= 0.6 is 0 Å². The number of carbonyl (C=O) groups excluding carboxylic acids is 1. The predicted molar refractivity (Wildman–Crippen MR) is 84.9 cm³/mol. The number of sulfone groups is 1. The highest BCUT2D eigenvalue weighted by atomic mass is 32.2. The van der Waals surface area contributed by atoms with Crippen LogP contribution in [-0.2, 0) is 14.6 Å². The fourth-order valence-electron chi connectivity index (χ4n) is 2.50. The molecule has 1 N–H and O–H groups in total. The standard InChI is InChI=1S/C15H22N2O4S/c1-10-5-6-13(22(4,19)20)7-14(10)16-15(18)17-8-11(2)21-12(3)9-17/h5-7,11-12H,8-9H2,1-4H3,(H,16,18). The Bertz CT molecular complexity index is 662. The second-order valence-corrected chi connectivity index (χ2v) is 7.86. The van der Waals surface area contributed by atoms with E-state index in [4.69, 9.17) is 4.74 Å². The summed E-state index contributed by atoms with van der Waals surface area (Å²) in [5.41, 5.74) is 1.33. The Hall–Kier alpha value is -1.60. The van der Waals surface area contributed by atoms with Gasteiger partial charge in [0.25, 0.3) is 0 Å². The van der Waals surface area contributed by atoms with Crippen LogP contribution < -0.4 is 5.32 Å². The van der Waals surface area contributed by atoms with Crippen molar-refractivity contribution < 1.29 is 17.9 Å². The Morgan fingerprint density at radius 2 is 1.86 bits per heavy atom. The number of nitrogens with zero attached hydrogens (tertiary/aromatic N) is 1. The van der Waals surface area contributed by atoms with E-state index in [0.29, 0.717) is 18.8 Å². The lowest BCUT2D eigenvalue weighted by Crippen LogP contribution is -2.49. The zero-order valence-electron chi connectivity index (χ0n) is 13.3. The Balaban J connectivity index is 2.18. The number of nitrogens with one attached hydrogen (secondary N) is 1. The number of carbonyl (C=O) groups is 1. The summed E-state index contributed by atoms with van der Waals surface area (Å²) in [6.07, 6.45) is 1.12. The van der Waals surface area contributed by atoms with E-state index in [-0.39, 0.29) is 23.1 Å². The third-order valence-corrected chi connectivity index (χ3v) is 4.70. The van der Waals surface area contributed by atoms with Crippen molar-refractivity contribution in [3.05, 3.63) is 23.8 Å². The Kier molecular flexibility index (Phi) is 4.77. The maximum absolute atomic E-state index is 12.4. The van der Waals surface area contributed by atoms with Gasteiger partial charge in [0, 0.05) is 25.0 Å². The average Bonchev–Trinajstić information content (AvgIpc) is 2.38. The highest BCUT2D eigenvalue weighted by Gasteiger charge is 2.26. The highest BCUT2D eigenvalue weighted by Crippen LogP contribution is 2.21. The number of morpholine rings is 1. The molecule has 22 heavy (non-hydrogen) atoms. The van der Waals surface area contributed by atoms with Crippen LogP contribution in [-0.4, -0.2) is 50.9 Å². The summed E-state index contributed by atoms with van der Waals surface area (Å²) >= 11 is 0. The molecule has 2 amide bonds. The second kappa shape index (κ2) is 6.26. The van der Waals surface area contributed by atoms with Crippen molar-refractivity contribution in [2.45, 2.75) is 37.9 Å². The summed E-state index contributed by atoms with van der Waals surface area (Å²) in [5.74, 6) is 0. The molecule has 1 heterocycles. The third-order valence-electron chi connectivity index (χ3n) is 3.59. The van der Waals surface area contributed by atoms with Gasteiger partial charge in [-0.15, -0.1) is 0 Å². The van der Waals surface area contributed by atoms with Gasteiger partial charge in [0.05, 0.1) is 17.1 Å². The number of urea groups is 1. The van der Waals surface area contributed by atoms with E-state index in [1.54, 1.807) is 17.0 Å². The van der Waals surface area contributed by atoms with Gasteiger partial charge >= 0.3 is 6.03 Å². The van der Waals surface area contributed by atoms with E-state index in [1.807, 2.05) is 20.8 Å². The van der Waals surface area contributed by atoms with Crippen LogP contribution in [0.15, 0.2) is 23.1 Å². The molecule has 7 heteroatoms. The van der Waals surface area contributed by atoms with E-state index in [1.165, 1.54) is 6.07 Å². The van der Waals surface area contributed by atoms with Gasteiger partial charge in [-0.25, -0.2) is 13.2 Å². The number of aryl methyl sites for hydroxylation is 1. The molecule has 2 unspecified atom stereocenters. The Labute approximate surface area is 131 Å². The maximum Gasteiger partial charge on any atom is 0.322 e. The third kappa shape index (κ3) is 3.98. The van der Waals surface area contributed by atoms with Crippen LogP contribution in [0.25, 0.3) is 0 Å². The number of hydrogen-bond donors (Lipinski definition) is 1. The first-order valence-electron chi connectivity index (χ1n) is 7.19. The summed E-state index contributed by atoms with van der Waals surface area (Å²) in [6.45, 7) is 6.70. The maximum atomic E-state index is 12.4. The van der Waals surface area contributed by atoms with Gasteiger partial charge in [-0.2, -0.15) is 0 Å². The lowest BCUT2D eigenvalue weighted by molar-refractivity contribution is -0.0530. The van der Waals surface area contributed by atoms with Crippen molar-refractivity contribution in [1.29, 1.82) is 0 Å². The van der Waals surface area contributed by atoms with Crippen LogP contribution in [0.2, 0.25) is 0 Å². The minimum absolute atomic E-state index is 0.0158. The van der Waals surface area contributed by atoms with Crippen molar-refractivity contribution in [1.82, 2.24) is 4.90 Å². The topological polar surface area (TPSA) is 75.7 Å². The van der Waals surface area contributed by atoms with Crippen LogP contribution in [0.5, 0.6) is 0 Å². The molecular formula is C15H22N2O4S. The molecule has 1 saturated heterocycles. The molecule has 1 fully saturated rings. The van der Waals surface area contributed by atoms with E-state index >= 15 is 0 Å². The summed E-state index contributed by atoms with van der Waals surface area (Å²) < 4.78 is 28.9. The van der Waals surface area contributed by atoms with Crippen molar-refractivity contribution in [3.63, 3.8) is 0 Å². The molecule has 0 radical (unpaired) electrons. The molecule has 0 spiro atoms. The zero-order valence-corrected chi connectivity index (χ0v) is 14.1. The fourth-order valence-corrected chi connectivity index (χ4v) is 3.15. The molecular weight excluding hydrogens is 304 g/mol. The number of benzene rings is 1. The molecule has 1 aliphatic rings. The van der Waals surface area contributed by atoms with Gasteiger partial charge in [-0.1, -0.05) is 6.07 Å². The SMILES string of the molecule is Cc1ccc(S(C)(=O)=O)cc1NC(=O)N1CC(C)OC(C)C1. The van der Waals surface area contributed by atoms with E-state index < -0.39 is 9.84 Å². The highest BCUT2D eigenvalue weighted by molar-refractivity contribution is 7.90. The molecule has 122 valence electrons. The fraction of sp³-hybridized carbons (Fsp3) is 0.533. The largest absolute Gasteiger partial charge is 0.372 e. The number of rotatable bonds is 2. The molecule has 2 atom stereocenters. The molecule has 0 saturated carbocycles. The lowest BCUT2D eigenvalue weighted by atomic mass is 10.2. The summed E-state index contributed by atoms with van der Waals surface area (Å²) in [4.78, 5) is 14.3. The molecule has 1 aromatic carbocycles. The quantitative estimate of drug-likeness (QED) is 0.902. The Morgan fingerprint density at radius 3 is 2.41 bits per heavy atom. The summed E-state index contributed by atoms with van der Waals surface area (Å²) in [6, 6.07) is 4.49. The van der Waals surface area contributed by atoms with Crippen molar-refractivity contribution >= 4 is 21.6 Å². The average molecular weight is 326 g/mol. The van der Waals surface area contributed by atoms with E-state index in [0.717, 1.165) is 11.8 Å². The van der Waals surface area contributed by atoms with Crippen molar-refractivity contribution in [3.8, 4) is 0 Å². The van der Waals surface area contributed by atoms with Gasteiger partial charge in [-0.3, -0.25) is 0 Å². The smallest absolute Gasteiger partial charge is 0.322 e. The van der Waals surface area contributed by atoms with Crippen LogP contribution in [0.1, 0.15) is 19.4 Å².